The number of nitrogens with zero attached hydrogens (tertiary/aromatic N) is 1. The summed E-state index contributed by atoms with van der Waals surface area (Å²) in [5.41, 5.74) is 7.76. The number of hydrogen-bond donors (Lipinski definition) is 1. The zero-order chi connectivity index (χ0) is 19.4. The molecule has 0 aliphatic rings. The Morgan fingerprint density at radius 1 is 0.583 bits per heavy atom. The lowest BCUT2D eigenvalue weighted by Crippen LogP contribution is -1.88. The highest BCUT2D eigenvalue weighted by Gasteiger charge is 1.80. The van der Waals surface area contributed by atoms with Gasteiger partial charge in [-0.15, -0.1) is 0 Å². The van der Waals surface area contributed by atoms with E-state index >= 15 is 0 Å². The van der Waals surface area contributed by atoms with E-state index in [9.17, 15) is 0 Å². The fourth-order valence-electron chi connectivity index (χ4n) is 1.27. The van der Waals surface area contributed by atoms with E-state index in [0.717, 1.165) is 0 Å². The zero-order valence-electron chi connectivity index (χ0n) is 17.3. The number of hydrazone groups is 1. The van der Waals surface area contributed by atoms with Crippen molar-refractivity contribution in [3.63, 3.8) is 0 Å². The van der Waals surface area contributed by atoms with Gasteiger partial charge in [0.2, 0.25) is 0 Å². The Balaban J connectivity index is -0.000000261. The maximum absolute atomic E-state index is 3.24. The van der Waals surface area contributed by atoms with Gasteiger partial charge in [-0.05, 0) is 27.7 Å². The van der Waals surface area contributed by atoms with Crippen LogP contribution in [0.15, 0.2) is 53.6 Å². The van der Waals surface area contributed by atoms with Crippen molar-refractivity contribution in [1.29, 1.82) is 0 Å². The summed E-state index contributed by atoms with van der Waals surface area (Å²) in [6, 6.07) is 17.0. The fraction of sp³-hybridized carbons (Fsp3) is 0.409. The average molecular weight is 331 g/mol. The summed E-state index contributed by atoms with van der Waals surface area (Å²) in [6.45, 7) is 19.5. The number of aryl methyl sites for hydroxylation is 4. The molecule has 0 aliphatic carbocycles. The highest BCUT2D eigenvalue weighted by Crippen LogP contribution is 2.00. The predicted molar refractivity (Wildman–Crippen MR) is 113 cm³/mol. The summed E-state index contributed by atoms with van der Waals surface area (Å²) < 4.78 is 0. The molecule has 2 rings (SSSR count). The molecule has 0 bridgehead atoms. The molecule has 0 atom stereocenters. The lowest BCUT2D eigenvalue weighted by atomic mass is 10.2. The van der Waals surface area contributed by atoms with E-state index in [-0.39, 0.29) is 0 Å². The minimum absolute atomic E-state index is 1.33. The molecule has 0 aliphatic heterocycles. The number of benzene rings is 2. The summed E-state index contributed by atoms with van der Waals surface area (Å²) in [4.78, 5) is 0. The Hall–Kier alpha value is -2.09. The third-order valence-corrected chi connectivity index (χ3v) is 2.59. The van der Waals surface area contributed by atoms with Gasteiger partial charge < -0.3 is 5.43 Å². The SMILES string of the molecule is C=NNC.CC.CC.Cc1ccc(C)cc1.Cc1ccc(C)cc1. The van der Waals surface area contributed by atoms with Crippen molar-refractivity contribution in [3.8, 4) is 0 Å². The molecule has 0 aromatic heterocycles. The Kier molecular flexibility index (Phi) is 23.3. The summed E-state index contributed by atoms with van der Waals surface area (Å²) in [5, 5.41) is 3.24. The van der Waals surface area contributed by atoms with Crippen molar-refractivity contribution in [2.24, 2.45) is 5.10 Å². The molecule has 1 N–H and O–H groups in total. The third-order valence-electron chi connectivity index (χ3n) is 2.59. The molecular weight excluding hydrogens is 292 g/mol. The van der Waals surface area contributed by atoms with E-state index in [2.05, 4.69) is 93.5 Å². The Labute approximate surface area is 151 Å². The third kappa shape index (κ3) is 19.9. The topological polar surface area (TPSA) is 24.4 Å². The minimum atomic E-state index is 1.33. The fourth-order valence-corrected chi connectivity index (χ4v) is 1.27. The van der Waals surface area contributed by atoms with Crippen molar-refractivity contribution in [2.75, 3.05) is 7.05 Å². The van der Waals surface area contributed by atoms with E-state index in [1.54, 1.807) is 7.05 Å². The maximum Gasteiger partial charge on any atom is 0.0216 e. The summed E-state index contributed by atoms with van der Waals surface area (Å²) in [7, 11) is 1.70. The molecule has 136 valence electrons. The van der Waals surface area contributed by atoms with Gasteiger partial charge in [0.15, 0.2) is 0 Å². The summed E-state index contributed by atoms with van der Waals surface area (Å²) >= 11 is 0. The van der Waals surface area contributed by atoms with Crippen LogP contribution in [0.25, 0.3) is 0 Å². The first-order valence-electron chi connectivity index (χ1n) is 8.68. The van der Waals surface area contributed by atoms with Crippen LogP contribution in [0, 0.1) is 27.7 Å². The summed E-state index contributed by atoms with van der Waals surface area (Å²) in [6.07, 6.45) is 0. The molecule has 0 amide bonds. The second-order valence-electron chi connectivity index (χ2n) is 4.69. The first-order valence-corrected chi connectivity index (χ1v) is 8.68. The van der Waals surface area contributed by atoms with Crippen LogP contribution >= 0.6 is 0 Å². The van der Waals surface area contributed by atoms with Gasteiger partial charge in [0, 0.05) is 13.8 Å². The highest BCUT2D eigenvalue weighted by molar-refractivity contribution is 5.22. The monoisotopic (exact) mass is 330 g/mol. The van der Waals surface area contributed by atoms with Gasteiger partial charge in [0.05, 0.1) is 0 Å². The molecule has 2 aromatic rings. The molecule has 0 unspecified atom stereocenters. The molecule has 2 heteroatoms. The smallest absolute Gasteiger partial charge is 0.0216 e. The van der Waals surface area contributed by atoms with Crippen LogP contribution in [-0.2, 0) is 0 Å². The average Bonchev–Trinajstić information content (AvgIpc) is 2.64. The van der Waals surface area contributed by atoms with E-state index in [4.69, 9.17) is 0 Å². The van der Waals surface area contributed by atoms with E-state index in [1.807, 2.05) is 27.7 Å². The molecule has 0 saturated carbocycles. The maximum atomic E-state index is 3.24. The quantitative estimate of drug-likeness (QED) is 0.469. The van der Waals surface area contributed by atoms with Crippen LogP contribution in [0.3, 0.4) is 0 Å². The van der Waals surface area contributed by atoms with Crippen molar-refractivity contribution < 1.29 is 0 Å². The highest BCUT2D eigenvalue weighted by atomic mass is 15.2. The van der Waals surface area contributed by atoms with Crippen molar-refractivity contribution in [2.45, 2.75) is 55.4 Å². The van der Waals surface area contributed by atoms with E-state index < -0.39 is 0 Å². The number of hydrogen-bond acceptors (Lipinski definition) is 2. The molecule has 0 saturated heterocycles. The van der Waals surface area contributed by atoms with Gasteiger partial charge in [-0.25, -0.2) is 0 Å². The first kappa shape index (κ1) is 26.8. The molecule has 0 spiro atoms. The van der Waals surface area contributed by atoms with Gasteiger partial charge in [0.25, 0.3) is 0 Å². The van der Waals surface area contributed by atoms with Crippen molar-refractivity contribution in [3.05, 3.63) is 70.8 Å². The molecule has 0 radical (unpaired) electrons. The van der Waals surface area contributed by atoms with Crippen LogP contribution in [-0.4, -0.2) is 13.8 Å². The normalized spacial score (nSPS) is 7.54. The zero-order valence-corrected chi connectivity index (χ0v) is 17.3. The van der Waals surface area contributed by atoms with Gasteiger partial charge in [-0.1, -0.05) is 98.5 Å². The molecule has 24 heavy (non-hydrogen) atoms. The second-order valence-corrected chi connectivity index (χ2v) is 4.69. The van der Waals surface area contributed by atoms with Crippen molar-refractivity contribution in [1.82, 2.24) is 5.43 Å². The lowest BCUT2D eigenvalue weighted by molar-refractivity contribution is 0.913. The number of nitrogens with one attached hydrogen (secondary N) is 1. The molecule has 2 nitrogen and oxygen atoms in total. The van der Waals surface area contributed by atoms with Gasteiger partial charge >= 0.3 is 0 Å². The second kappa shape index (κ2) is 20.9. The lowest BCUT2D eigenvalue weighted by Gasteiger charge is -1.90. The standard InChI is InChI=1S/2C8H10.C2H6N2.2C2H6/c2*1-7-3-5-8(2)6-4-7;1-3-4-2;2*1-2/h2*3-6H,1-2H3;4H,1H2,2H3;2*1-2H3. The minimum Gasteiger partial charge on any atom is -0.314 e. The van der Waals surface area contributed by atoms with Crippen LogP contribution in [0.2, 0.25) is 0 Å². The Morgan fingerprint density at radius 2 is 0.708 bits per heavy atom. The largest absolute Gasteiger partial charge is 0.314 e. The molecular formula is C22H38N2. The number of rotatable bonds is 1. The van der Waals surface area contributed by atoms with Crippen LogP contribution in [0.1, 0.15) is 49.9 Å². The Morgan fingerprint density at radius 3 is 0.792 bits per heavy atom. The van der Waals surface area contributed by atoms with Gasteiger partial charge in [0.1, 0.15) is 0 Å². The summed E-state index contributed by atoms with van der Waals surface area (Å²) in [5.74, 6) is 0. The molecule has 2 aromatic carbocycles. The Bertz CT molecular complexity index is 385. The van der Waals surface area contributed by atoms with E-state index in [1.165, 1.54) is 22.3 Å². The van der Waals surface area contributed by atoms with E-state index in [0.29, 0.717) is 0 Å². The van der Waals surface area contributed by atoms with Crippen LogP contribution in [0.5, 0.6) is 0 Å². The first-order chi connectivity index (χ1) is 11.5. The van der Waals surface area contributed by atoms with Crippen LogP contribution < -0.4 is 5.43 Å². The molecule has 0 fully saturated rings. The molecule has 0 heterocycles. The van der Waals surface area contributed by atoms with Gasteiger partial charge in [-0.3, -0.25) is 0 Å². The van der Waals surface area contributed by atoms with Gasteiger partial charge in [-0.2, -0.15) is 5.10 Å². The van der Waals surface area contributed by atoms with Crippen molar-refractivity contribution >= 4 is 6.72 Å². The van der Waals surface area contributed by atoms with Crippen LogP contribution in [0.4, 0.5) is 0 Å². The predicted octanol–water partition coefficient (Wildman–Crippen LogP) is 6.48.